The van der Waals surface area contributed by atoms with Crippen LogP contribution in [0.5, 0.6) is 0 Å². The molecule has 0 radical (unpaired) electrons. The number of urea groups is 1. The Balaban J connectivity index is 1.95. The smallest absolute Gasteiger partial charge is 0.323 e. The Morgan fingerprint density at radius 1 is 1.29 bits per heavy atom. The fourth-order valence-electron chi connectivity index (χ4n) is 1.94. The molecule has 0 spiro atoms. The molecule has 0 aliphatic carbocycles. The number of amides is 2. The zero-order valence-corrected chi connectivity index (χ0v) is 11.2. The maximum atomic E-state index is 12.0. The number of halogens is 1. The van der Waals surface area contributed by atoms with Crippen molar-refractivity contribution >= 4 is 27.8 Å². The van der Waals surface area contributed by atoms with E-state index in [2.05, 4.69) is 26.2 Å². The van der Waals surface area contributed by atoms with Crippen molar-refractivity contribution in [3.05, 3.63) is 22.8 Å². The molecule has 1 N–H and O–H groups in total. The predicted octanol–water partition coefficient (Wildman–Crippen LogP) is 3.25. The number of likely N-dealkylation sites (tertiary alicyclic amines) is 1. The van der Waals surface area contributed by atoms with Gasteiger partial charge >= 0.3 is 6.03 Å². The van der Waals surface area contributed by atoms with Gasteiger partial charge in [0, 0.05) is 23.8 Å². The van der Waals surface area contributed by atoms with Crippen molar-refractivity contribution in [1.82, 2.24) is 9.88 Å². The average Bonchev–Trinajstić information content (AvgIpc) is 2.57. The molecule has 0 aromatic carbocycles. The molecule has 1 aromatic heterocycles. The highest BCUT2D eigenvalue weighted by atomic mass is 79.9. The highest BCUT2D eigenvalue weighted by Crippen LogP contribution is 2.14. The summed E-state index contributed by atoms with van der Waals surface area (Å²) in [7, 11) is 0. The number of rotatable bonds is 1. The minimum Gasteiger partial charge on any atom is -0.325 e. The van der Waals surface area contributed by atoms with E-state index in [1.54, 1.807) is 12.3 Å². The van der Waals surface area contributed by atoms with Crippen molar-refractivity contribution in [3.8, 4) is 0 Å². The second-order valence-electron chi connectivity index (χ2n) is 4.19. The lowest BCUT2D eigenvalue weighted by Gasteiger charge is -2.20. The van der Waals surface area contributed by atoms with Crippen LogP contribution in [-0.2, 0) is 0 Å². The lowest BCUT2D eigenvalue weighted by molar-refractivity contribution is 0.213. The molecule has 5 heteroatoms. The second kappa shape index (κ2) is 6.00. The van der Waals surface area contributed by atoms with Crippen LogP contribution in [0, 0.1) is 0 Å². The Bertz CT molecular complexity index is 389. The Morgan fingerprint density at radius 2 is 2.00 bits per heavy atom. The Hall–Kier alpha value is -1.10. The summed E-state index contributed by atoms with van der Waals surface area (Å²) in [5.41, 5.74) is 0. The van der Waals surface area contributed by atoms with Crippen LogP contribution in [0.25, 0.3) is 0 Å². The van der Waals surface area contributed by atoms with E-state index in [0.29, 0.717) is 5.82 Å². The van der Waals surface area contributed by atoms with Gasteiger partial charge in [-0.1, -0.05) is 28.8 Å². The number of carbonyl (C=O) groups is 1. The molecule has 1 aliphatic rings. The van der Waals surface area contributed by atoms with E-state index in [9.17, 15) is 4.79 Å². The topological polar surface area (TPSA) is 45.2 Å². The van der Waals surface area contributed by atoms with Crippen LogP contribution < -0.4 is 5.32 Å². The standard InChI is InChI=1S/C12H16BrN3O/c13-10-5-6-14-11(9-10)15-12(17)16-7-3-1-2-4-8-16/h5-6,9H,1-4,7-8H2,(H,14,15,17). The van der Waals surface area contributed by atoms with Crippen LogP contribution in [0.3, 0.4) is 0 Å². The molecular formula is C12H16BrN3O. The summed E-state index contributed by atoms with van der Waals surface area (Å²) in [5, 5.41) is 2.83. The molecule has 0 atom stereocenters. The van der Waals surface area contributed by atoms with E-state index in [4.69, 9.17) is 0 Å². The van der Waals surface area contributed by atoms with E-state index >= 15 is 0 Å². The van der Waals surface area contributed by atoms with E-state index in [0.717, 1.165) is 30.4 Å². The second-order valence-corrected chi connectivity index (χ2v) is 5.11. The van der Waals surface area contributed by atoms with Gasteiger partial charge in [0.1, 0.15) is 5.82 Å². The Kier molecular flexibility index (Phi) is 4.36. The largest absolute Gasteiger partial charge is 0.325 e. The number of nitrogens with zero attached hydrogens (tertiary/aromatic N) is 2. The fourth-order valence-corrected chi connectivity index (χ4v) is 2.27. The average molecular weight is 298 g/mol. The minimum atomic E-state index is -0.0440. The van der Waals surface area contributed by atoms with E-state index in [1.165, 1.54) is 12.8 Å². The molecule has 1 saturated heterocycles. The molecule has 0 saturated carbocycles. The van der Waals surface area contributed by atoms with Gasteiger partial charge < -0.3 is 4.90 Å². The van der Waals surface area contributed by atoms with Gasteiger partial charge in [0.15, 0.2) is 0 Å². The summed E-state index contributed by atoms with van der Waals surface area (Å²) in [6.45, 7) is 1.69. The minimum absolute atomic E-state index is 0.0440. The van der Waals surface area contributed by atoms with Crippen molar-refractivity contribution in [2.45, 2.75) is 25.7 Å². The molecule has 2 amide bonds. The molecular weight excluding hydrogens is 282 g/mol. The van der Waals surface area contributed by atoms with Gasteiger partial charge in [-0.3, -0.25) is 5.32 Å². The molecule has 0 unspecified atom stereocenters. The summed E-state index contributed by atoms with van der Waals surface area (Å²) in [5.74, 6) is 0.591. The van der Waals surface area contributed by atoms with Crippen molar-refractivity contribution in [3.63, 3.8) is 0 Å². The summed E-state index contributed by atoms with van der Waals surface area (Å²) in [4.78, 5) is 18.0. The van der Waals surface area contributed by atoms with E-state index in [1.807, 2.05) is 11.0 Å². The first-order valence-corrected chi connectivity index (χ1v) is 6.72. The van der Waals surface area contributed by atoms with Crippen LogP contribution in [-0.4, -0.2) is 29.0 Å². The van der Waals surface area contributed by atoms with Gasteiger partial charge in [-0.15, -0.1) is 0 Å². The first kappa shape index (κ1) is 12.4. The zero-order chi connectivity index (χ0) is 12.1. The van der Waals surface area contributed by atoms with Gasteiger partial charge in [-0.05, 0) is 25.0 Å². The number of pyridine rings is 1. The predicted molar refractivity (Wildman–Crippen MR) is 71.0 cm³/mol. The number of nitrogens with one attached hydrogen (secondary N) is 1. The normalized spacial score (nSPS) is 16.4. The molecule has 1 aliphatic heterocycles. The lowest BCUT2D eigenvalue weighted by atomic mass is 10.2. The SMILES string of the molecule is O=C(Nc1cc(Br)ccn1)N1CCCCCC1. The summed E-state index contributed by atoms with van der Waals surface area (Å²) >= 11 is 3.36. The summed E-state index contributed by atoms with van der Waals surface area (Å²) in [6.07, 6.45) is 6.30. The van der Waals surface area contributed by atoms with Crippen LogP contribution in [0.4, 0.5) is 10.6 Å². The van der Waals surface area contributed by atoms with E-state index in [-0.39, 0.29) is 6.03 Å². The molecule has 17 heavy (non-hydrogen) atoms. The lowest BCUT2D eigenvalue weighted by Crippen LogP contribution is -2.35. The van der Waals surface area contributed by atoms with Crippen molar-refractivity contribution in [1.29, 1.82) is 0 Å². The number of anilines is 1. The highest BCUT2D eigenvalue weighted by molar-refractivity contribution is 9.10. The van der Waals surface area contributed by atoms with Crippen LogP contribution in [0.1, 0.15) is 25.7 Å². The van der Waals surface area contributed by atoms with Gasteiger partial charge in [-0.2, -0.15) is 0 Å². The number of carbonyl (C=O) groups excluding carboxylic acids is 1. The quantitative estimate of drug-likeness (QED) is 0.865. The third-order valence-electron chi connectivity index (χ3n) is 2.85. The fraction of sp³-hybridized carbons (Fsp3) is 0.500. The van der Waals surface area contributed by atoms with Gasteiger partial charge in [-0.25, -0.2) is 9.78 Å². The van der Waals surface area contributed by atoms with Gasteiger partial charge in [0.2, 0.25) is 0 Å². The third kappa shape index (κ3) is 3.70. The number of hydrogen-bond donors (Lipinski definition) is 1. The van der Waals surface area contributed by atoms with Crippen molar-refractivity contribution < 1.29 is 4.79 Å². The van der Waals surface area contributed by atoms with Gasteiger partial charge in [0.25, 0.3) is 0 Å². The van der Waals surface area contributed by atoms with E-state index < -0.39 is 0 Å². The number of aromatic nitrogens is 1. The number of hydrogen-bond acceptors (Lipinski definition) is 2. The maximum Gasteiger partial charge on any atom is 0.323 e. The molecule has 1 aromatic rings. The maximum absolute atomic E-state index is 12.0. The van der Waals surface area contributed by atoms with Crippen LogP contribution >= 0.6 is 15.9 Å². The Labute approximate surface area is 110 Å². The molecule has 92 valence electrons. The summed E-state index contributed by atoms with van der Waals surface area (Å²) in [6, 6.07) is 3.59. The molecule has 0 bridgehead atoms. The Morgan fingerprint density at radius 3 is 2.65 bits per heavy atom. The zero-order valence-electron chi connectivity index (χ0n) is 9.66. The highest BCUT2D eigenvalue weighted by Gasteiger charge is 2.15. The van der Waals surface area contributed by atoms with Crippen LogP contribution in [0.2, 0.25) is 0 Å². The summed E-state index contributed by atoms with van der Waals surface area (Å²) < 4.78 is 0.915. The van der Waals surface area contributed by atoms with Crippen molar-refractivity contribution in [2.24, 2.45) is 0 Å². The third-order valence-corrected chi connectivity index (χ3v) is 3.34. The molecule has 4 nitrogen and oxygen atoms in total. The first-order valence-electron chi connectivity index (χ1n) is 5.93. The first-order chi connectivity index (χ1) is 8.25. The molecule has 1 fully saturated rings. The molecule has 2 heterocycles. The van der Waals surface area contributed by atoms with Gasteiger partial charge in [0.05, 0.1) is 0 Å². The van der Waals surface area contributed by atoms with Crippen molar-refractivity contribution in [2.75, 3.05) is 18.4 Å². The molecule has 2 rings (SSSR count). The monoisotopic (exact) mass is 297 g/mol. The van der Waals surface area contributed by atoms with Crippen LogP contribution in [0.15, 0.2) is 22.8 Å².